The summed E-state index contributed by atoms with van der Waals surface area (Å²) in [4.78, 5) is 2.25. The van der Waals surface area contributed by atoms with Gasteiger partial charge in [-0.1, -0.05) is 0 Å². The third-order valence-electron chi connectivity index (χ3n) is 2.60. The molecule has 0 saturated carbocycles. The van der Waals surface area contributed by atoms with Gasteiger partial charge in [0.1, 0.15) is 0 Å². The first-order chi connectivity index (χ1) is 7.27. The normalized spacial score (nSPS) is 18.9. The van der Waals surface area contributed by atoms with Crippen molar-refractivity contribution in [3.63, 3.8) is 0 Å². The van der Waals surface area contributed by atoms with Crippen molar-refractivity contribution in [1.29, 1.82) is 0 Å². The lowest BCUT2D eigenvalue weighted by molar-refractivity contribution is -0.991. The fraction of sp³-hybridized carbons (Fsp3) is 0.400. The van der Waals surface area contributed by atoms with E-state index in [1.807, 2.05) is 12.1 Å². The van der Waals surface area contributed by atoms with Gasteiger partial charge in [-0.25, -0.2) is 5.21 Å². The Kier molecular flexibility index (Phi) is 3.17. The molecule has 1 heterocycles. The lowest BCUT2D eigenvalue weighted by Gasteiger charge is -2.29. The van der Waals surface area contributed by atoms with Crippen LogP contribution in [0, 0.1) is 5.21 Å². The monoisotopic (exact) mass is 209 g/mol. The van der Waals surface area contributed by atoms with Crippen molar-refractivity contribution in [2.45, 2.75) is 0 Å². The first-order valence-electron chi connectivity index (χ1n) is 5.06. The van der Waals surface area contributed by atoms with Crippen LogP contribution in [0.25, 0.3) is 0 Å². The first-order valence-corrected chi connectivity index (χ1v) is 5.06. The topological polar surface area (TPSA) is 63.0 Å². The van der Waals surface area contributed by atoms with E-state index in [2.05, 4.69) is 10.2 Å². The number of hydrogen-bond donors (Lipinski definition) is 3. The van der Waals surface area contributed by atoms with Gasteiger partial charge in [-0.15, -0.1) is 0 Å². The number of nitrogens with zero attached hydrogens (tertiary/aromatic N) is 1. The second-order valence-corrected chi connectivity index (χ2v) is 3.59. The molecule has 2 rings (SSSR count). The Balaban J connectivity index is 2.08. The van der Waals surface area contributed by atoms with Gasteiger partial charge in [0.25, 0.3) is 0 Å². The summed E-state index contributed by atoms with van der Waals surface area (Å²) >= 11 is 0. The third kappa shape index (κ3) is 2.45. The molecule has 1 unspecified atom stereocenters. The molecular weight excluding hydrogens is 194 g/mol. The second-order valence-electron chi connectivity index (χ2n) is 3.59. The van der Waals surface area contributed by atoms with Crippen molar-refractivity contribution in [1.82, 2.24) is 5.32 Å². The zero-order valence-electron chi connectivity index (χ0n) is 8.44. The summed E-state index contributed by atoms with van der Waals surface area (Å²) in [7, 11) is 0. The number of piperazine rings is 1. The maximum Gasteiger partial charge on any atom is 0.163 e. The van der Waals surface area contributed by atoms with Crippen molar-refractivity contribution in [3.05, 3.63) is 29.5 Å². The van der Waals surface area contributed by atoms with Gasteiger partial charge in [-0.3, -0.25) is 0 Å². The molecule has 5 nitrogen and oxygen atoms in total. The molecule has 0 aromatic heterocycles. The molecular formula is C10H15N3O2. The summed E-state index contributed by atoms with van der Waals surface area (Å²) in [6, 6.07) is 7.04. The van der Waals surface area contributed by atoms with Gasteiger partial charge in [0.05, 0.1) is 0 Å². The Labute approximate surface area is 88.5 Å². The molecule has 82 valence electrons. The van der Waals surface area contributed by atoms with E-state index in [-0.39, 0.29) is 0 Å². The Bertz CT molecular complexity index is 307. The van der Waals surface area contributed by atoms with Crippen LogP contribution in [0.15, 0.2) is 24.3 Å². The molecule has 0 radical (unpaired) electrons. The average Bonchev–Trinajstić information content (AvgIpc) is 2.30. The van der Waals surface area contributed by atoms with Gasteiger partial charge < -0.3 is 15.4 Å². The third-order valence-corrected chi connectivity index (χ3v) is 2.60. The molecule has 15 heavy (non-hydrogen) atoms. The van der Waals surface area contributed by atoms with E-state index in [0.29, 0.717) is 5.69 Å². The zero-order chi connectivity index (χ0) is 10.7. The summed E-state index contributed by atoms with van der Waals surface area (Å²) in [5.41, 5.74) is 1.44. The highest BCUT2D eigenvalue weighted by molar-refractivity contribution is 5.51. The van der Waals surface area contributed by atoms with E-state index in [0.717, 1.165) is 31.9 Å². The Morgan fingerprint density at radius 3 is 2.33 bits per heavy atom. The zero-order valence-corrected chi connectivity index (χ0v) is 8.44. The summed E-state index contributed by atoms with van der Waals surface area (Å²) < 4.78 is 0. The maximum atomic E-state index is 10.7. The molecule has 1 aromatic carbocycles. The Morgan fingerprint density at radius 1 is 1.20 bits per heavy atom. The van der Waals surface area contributed by atoms with Crippen molar-refractivity contribution >= 4 is 11.4 Å². The van der Waals surface area contributed by atoms with E-state index >= 15 is 0 Å². The van der Waals surface area contributed by atoms with Gasteiger partial charge in [0, 0.05) is 44.0 Å². The predicted molar refractivity (Wildman–Crippen MR) is 57.3 cm³/mol. The number of hydrogen-bond acceptors (Lipinski definition) is 4. The van der Waals surface area contributed by atoms with Crippen LogP contribution in [-0.4, -0.2) is 31.4 Å². The summed E-state index contributed by atoms with van der Waals surface area (Å²) in [6.07, 6.45) is 0. The maximum absolute atomic E-state index is 10.7. The Hall–Kier alpha value is -1.14. The highest BCUT2D eigenvalue weighted by Crippen LogP contribution is 2.16. The number of anilines is 1. The lowest BCUT2D eigenvalue weighted by Crippen LogP contribution is -2.99. The summed E-state index contributed by atoms with van der Waals surface area (Å²) in [5, 5.41) is 21.8. The minimum absolute atomic E-state index is 0.342. The highest BCUT2D eigenvalue weighted by atomic mass is 16.8. The molecule has 0 amide bonds. The molecule has 0 spiro atoms. The largest absolute Gasteiger partial charge is 0.595 e. The van der Waals surface area contributed by atoms with Crippen LogP contribution >= 0.6 is 0 Å². The minimum Gasteiger partial charge on any atom is -0.595 e. The standard InChI is InChI=1S/C10H15N3O2/c14-13(15)10-3-1-9(2-4-10)12-7-5-11-6-8-12/h1-4,11,13-14H,5-8H2. The highest BCUT2D eigenvalue weighted by Gasteiger charge is 2.10. The van der Waals surface area contributed by atoms with Crippen LogP contribution < -0.4 is 15.4 Å². The first kappa shape index (κ1) is 10.4. The van der Waals surface area contributed by atoms with Crippen molar-refractivity contribution in [2.75, 3.05) is 31.1 Å². The van der Waals surface area contributed by atoms with Crippen LogP contribution in [0.5, 0.6) is 0 Å². The molecule has 5 heteroatoms. The smallest absolute Gasteiger partial charge is 0.163 e. The average molecular weight is 209 g/mol. The van der Waals surface area contributed by atoms with Gasteiger partial charge in [0.2, 0.25) is 0 Å². The van der Waals surface area contributed by atoms with E-state index in [9.17, 15) is 5.21 Å². The van der Waals surface area contributed by atoms with Gasteiger partial charge in [-0.05, 0) is 12.1 Å². The van der Waals surface area contributed by atoms with Crippen LogP contribution in [-0.2, 0) is 0 Å². The predicted octanol–water partition coefficient (Wildman–Crippen LogP) is -0.500. The van der Waals surface area contributed by atoms with Crippen molar-refractivity contribution in [3.8, 4) is 0 Å². The van der Waals surface area contributed by atoms with Crippen LogP contribution in [0.2, 0.25) is 0 Å². The molecule has 3 N–H and O–H groups in total. The molecule has 1 aliphatic rings. The molecule has 1 saturated heterocycles. The van der Waals surface area contributed by atoms with Gasteiger partial charge in [-0.2, -0.15) is 5.23 Å². The number of quaternary nitrogens is 1. The van der Waals surface area contributed by atoms with Crippen LogP contribution in [0.4, 0.5) is 11.4 Å². The fourth-order valence-corrected chi connectivity index (χ4v) is 1.74. The van der Waals surface area contributed by atoms with Crippen molar-refractivity contribution < 1.29 is 10.4 Å². The summed E-state index contributed by atoms with van der Waals surface area (Å²) in [5.74, 6) is 0. The molecule has 0 aliphatic carbocycles. The number of benzene rings is 1. The van der Waals surface area contributed by atoms with E-state index in [1.54, 1.807) is 12.1 Å². The van der Waals surface area contributed by atoms with E-state index in [1.165, 1.54) is 0 Å². The van der Waals surface area contributed by atoms with Crippen LogP contribution in [0.1, 0.15) is 0 Å². The lowest BCUT2D eigenvalue weighted by atomic mass is 10.2. The molecule has 0 bridgehead atoms. The quantitative estimate of drug-likeness (QED) is 0.575. The molecule has 1 atom stereocenters. The second kappa shape index (κ2) is 4.59. The number of rotatable bonds is 2. The minimum atomic E-state index is -0.873. The Morgan fingerprint density at radius 2 is 1.80 bits per heavy atom. The van der Waals surface area contributed by atoms with Crippen molar-refractivity contribution in [2.24, 2.45) is 0 Å². The summed E-state index contributed by atoms with van der Waals surface area (Å²) in [6.45, 7) is 3.93. The van der Waals surface area contributed by atoms with Gasteiger partial charge >= 0.3 is 0 Å². The van der Waals surface area contributed by atoms with Gasteiger partial charge in [0.15, 0.2) is 5.69 Å². The fourth-order valence-electron chi connectivity index (χ4n) is 1.74. The number of nitrogens with one attached hydrogen (secondary N) is 2. The SMILES string of the molecule is [O-][NH+](O)c1ccc(N2CCNCC2)cc1. The molecule has 1 aliphatic heterocycles. The molecule has 1 fully saturated rings. The molecule has 1 aromatic rings. The van der Waals surface area contributed by atoms with E-state index in [4.69, 9.17) is 5.21 Å². The van der Waals surface area contributed by atoms with Crippen LogP contribution in [0.3, 0.4) is 0 Å². The van der Waals surface area contributed by atoms with E-state index < -0.39 is 5.23 Å².